The lowest BCUT2D eigenvalue weighted by atomic mass is 10.1. The van der Waals surface area contributed by atoms with E-state index in [1.807, 2.05) is 6.92 Å². The number of aryl methyl sites for hydroxylation is 2. The molecule has 1 aromatic rings. The quantitative estimate of drug-likeness (QED) is 0.789. The molecule has 1 aromatic heterocycles. The summed E-state index contributed by atoms with van der Waals surface area (Å²) in [4.78, 5) is 16.5. The van der Waals surface area contributed by atoms with E-state index in [0.29, 0.717) is 24.6 Å². The first-order chi connectivity index (χ1) is 10.7. The Balaban J connectivity index is 2.06. The molecule has 0 saturated carbocycles. The molecule has 2 rings (SSSR count). The minimum atomic E-state index is -3.36. The lowest BCUT2D eigenvalue weighted by Crippen LogP contribution is -2.43. The Morgan fingerprint density at radius 3 is 2.65 bits per heavy atom. The smallest absolute Gasteiger partial charge is 0.289 e. The van der Waals surface area contributed by atoms with Gasteiger partial charge in [0.05, 0.1) is 30.7 Å². The molecule has 1 N–H and O–H groups in total. The summed E-state index contributed by atoms with van der Waals surface area (Å²) in [6.07, 6.45) is 0.602. The maximum atomic E-state index is 12.3. The Bertz CT molecular complexity index is 668. The molecule has 0 aromatic carbocycles. The van der Waals surface area contributed by atoms with E-state index in [1.54, 1.807) is 6.92 Å². The maximum absolute atomic E-state index is 12.3. The van der Waals surface area contributed by atoms with E-state index in [2.05, 4.69) is 10.3 Å². The number of hydrogen-bond donors (Lipinski definition) is 1. The highest BCUT2D eigenvalue weighted by molar-refractivity contribution is 7.89. The number of rotatable bonds is 6. The molecule has 0 unspecified atom stereocenters. The fourth-order valence-corrected chi connectivity index (χ4v) is 3.56. The number of carbonyl (C=O) groups is 1. The molecule has 130 valence electrons. The van der Waals surface area contributed by atoms with E-state index in [1.165, 1.54) is 18.4 Å². The van der Waals surface area contributed by atoms with Gasteiger partial charge in [0.2, 0.25) is 15.8 Å². The highest BCUT2D eigenvalue weighted by Gasteiger charge is 2.35. The van der Waals surface area contributed by atoms with E-state index >= 15 is 0 Å². The number of amides is 1. The Hall–Kier alpha value is -1.45. The molecule has 0 radical (unpaired) electrons. The third-order valence-electron chi connectivity index (χ3n) is 3.85. The molecular weight excluding hydrogens is 322 g/mol. The van der Waals surface area contributed by atoms with Crippen LogP contribution in [0.15, 0.2) is 4.42 Å². The topological polar surface area (TPSA) is 102 Å². The number of carbonyl (C=O) groups excluding carboxylic acids is 1. The van der Waals surface area contributed by atoms with Crippen LogP contribution in [0.2, 0.25) is 0 Å². The van der Waals surface area contributed by atoms with Crippen LogP contribution in [0.1, 0.15) is 29.1 Å². The van der Waals surface area contributed by atoms with Crippen molar-refractivity contribution >= 4 is 15.9 Å². The normalized spacial score (nSPS) is 21.8. The largest absolute Gasteiger partial charge is 0.435 e. The van der Waals surface area contributed by atoms with Crippen LogP contribution in [0, 0.1) is 12.8 Å². The van der Waals surface area contributed by atoms with E-state index in [9.17, 15) is 13.2 Å². The van der Waals surface area contributed by atoms with Crippen LogP contribution in [-0.2, 0) is 21.2 Å². The summed E-state index contributed by atoms with van der Waals surface area (Å²) in [5.41, 5.74) is 0.524. The molecule has 0 aliphatic carbocycles. The van der Waals surface area contributed by atoms with Crippen molar-refractivity contribution in [3.63, 3.8) is 0 Å². The SMILES string of the molecule is CCc1nc(C)c(C(=O)N[C@H]2COC[C@H]2CS(=O)(=O)N(C)C)o1. The Morgan fingerprint density at radius 1 is 1.39 bits per heavy atom. The van der Waals surface area contributed by atoms with E-state index in [-0.39, 0.29) is 30.1 Å². The highest BCUT2D eigenvalue weighted by Crippen LogP contribution is 2.19. The minimum Gasteiger partial charge on any atom is -0.435 e. The van der Waals surface area contributed by atoms with Gasteiger partial charge in [0.1, 0.15) is 0 Å². The first-order valence-electron chi connectivity index (χ1n) is 7.49. The van der Waals surface area contributed by atoms with Crippen LogP contribution >= 0.6 is 0 Å². The van der Waals surface area contributed by atoms with Gasteiger partial charge in [-0.25, -0.2) is 17.7 Å². The van der Waals surface area contributed by atoms with Gasteiger partial charge in [0.15, 0.2) is 5.89 Å². The van der Waals surface area contributed by atoms with Gasteiger partial charge in [0.25, 0.3) is 5.91 Å². The summed E-state index contributed by atoms with van der Waals surface area (Å²) in [6.45, 7) is 4.18. The van der Waals surface area contributed by atoms with Crippen LogP contribution in [0.3, 0.4) is 0 Å². The van der Waals surface area contributed by atoms with Gasteiger partial charge in [0, 0.05) is 26.4 Å². The number of ether oxygens (including phenoxy) is 1. The molecule has 1 aliphatic rings. The van der Waals surface area contributed by atoms with Gasteiger partial charge in [-0.3, -0.25) is 4.79 Å². The van der Waals surface area contributed by atoms with Crippen molar-refractivity contribution in [2.24, 2.45) is 5.92 Å². The van der Waals surface area contributed by atoms with Crippen LogP contribution in [0.25, 0.3) is 0 Å². The summed E-state index contributed by atoms with van der Waals surface area (Å²) < 4.78 is 36.0. The molecule has 9 heteroatoms. The van der Waals surface area contributed by atoms with E-state index < -0.39 is 15.9 Å². The standard InChI is InChI=1S/C14H23N3O5S/c1-5-12-15-9(2)13(22-12)14(18)16-11-7-21-6-10(11)8-23(19,20)17(3)4/h10-11H,5-8H2,1-4H3,(H,16,18)/t10-,11-/m0/s1. The molecule has 1 fully saturated rings. The van der Waals surface area contributed by atoms with Gasteiger partial charge in [-0.05, 0) is 6.92 Å². The first-order valence-corrected chi connectivity index (χ1v) is 9.10. The summed E-state index contributed by atoms with van der Waals surface area (Å²) >= 11 is 0. The van der Waals surface area contributed by atoms with E-state index in [0.717, 1.165) is 0 Å². The van der Waals surface area contributed by atoms with Gasteiger partial charge in [-0.1, -0.05) is 6.92 Å². The number of oxazole rings is 1. The predicted octanol–water partition coefficient (Wildman–Crippen LogP) is 0.182. The first kappa shape index (κ1) is 17.9. The van der Waals surface area contributed by atoms with Crippen molar-refractivity contribution in [3.8, 4) is 0 Å². The summed E-state index contributed by atoms with van der Waals surface area (Å²) in [6, 6.07) is -0.369. The van der Waals surface area contributed by atoms with Crippen molar-refractivity contribution in [3.05, 3.63) is 17.3 Å². The molecule has 2 atom stereocenters. The molecule has 0 spiro atoms. The van der Waals surface area contributed by atoms with Crippen LogP contribution in [0.5, 0.6) is 0 Å². The second kappa shape index (κ2) is 6.98. The Morgan fingerprint density at radius 2 is 2.09 bits per heavy atom. The minimum absolute atomic E-state index is 0.0689. The molecule has 1 amide bonds. The van der Waals surface area contributed by atoms with Crippen LogP contribution < -0.4 is 5.32 Å². The number of nitrogens with zero attached hydrogens (tertiary/aromatic N) is 2. The molecule has 0 bridgehead atoms. The molecule has 1 aliphatic heterocycles. The average molecular weight is 345 g/mol. The fourth-order valence-electron chi connectivity index (χ4n) is 2.39. The van der Waals surface area contributed by atoms with Crippen molar-refractivity contribution in [2.45, 2.75) is 26.3 Å². The molecular formula is C14H23N3O5S. The summed E-state index contributed by atoms with van der Waals surface area (Å²) in [5, 5.41) is 2.80. The summed E-state index contributed by atoms with van der Waals surface area (Å²) in [7, 11) is -0.379. The monoisotopic (exact) mass is 345 g/mol. The van der Waals surface area contributed by atoms with Crippen molar-refractivity contribution in [1.82, 2.24) is 14.6 Å². The Labute approximate surface area is 136 Å². The molecule has 23 heavy (non-hydrogen) atoms. The number of nitrogens with one attached hydrogen (secondary N) is 1. The van der Waals surface area contributed by atoms with E-state index in [4.69, 9.17) is 9.15 Å². The third-order valence-corrected chi connectivity index (χ3v) is 5.81. The van der Waals surface area contributed by atoms with Gasteiger partial charge in [-0.2, -0.15) is 0 Å². The fraction of sp³-hybridized carbons (Fsp3) is 0.714. The Kier molecular flexibility index (Phi) is 5.43. The van der Waals surface area contributed by atoms with Crippen LogP contribution in [-0.4, -0.2) is 62.7 Å². The molecule has 1 saturated heterocycles. The lowest BCUT2D eigenvalue weighted by Gasteiger charge is -2.20. The molecule has 8 nitrogen and oxygen atoms in total. The third kappa shape index (κ3) is 4.10. The van der Waals surface area contributed by atoms with Crippen molar-refractivity contribution in [2.75, 3.05) is 33.1 Å². The second-order valence-corrected chi connectivity index (χ2v) is 8.04. The number of hydrogen-bond acceptors (Lipinski definition) is 6. The zero-order chi connectivity index (χ0) is 17.2. The van der Waals surface area contributed by atoms with Gasteiger partial charge in [-0.15, -0.1) is 0 Å². The second-order valence-electron chi connectivity index (χ2n) is 5.81. The average Bonchev–Trinajstić information content (AvgIpc) is 3.05. The van der Waals surface area contributed by atoms with Crippen LogP contribution in [0.4, 0.5) is 0 Å². The summed E-state index contributed by atoms with van der Waals surface area (Å²) in [5.74, 6) is -0.0803. The predicted molar refractivity (Wildman–Crippen MR) is 83.7 cm³/mol. The maximum Gasteiger partial charge on any atom is 0.289 e. The lowest BCUT2D eigenvalue weighted by molar-refractivity contribution is 0.0895. The zero-order valence-corrected chi connectivity index (χ0v) is 14.6. The van der Waals surface area contributed by atoms with Gasteiger partial charge >= 0.3 is 0 Å². The molecule has 2 heterocycles. The number of sulfonamides is 1. The zero-order valence-electron chi connectivity index (χ0n) is 13.8. The van der Waals surface area contributed by atoms with Crippen molar-refractivity contribution in [1.29, 1.82) is 0 Å². The number of aromatic nitrogens is 1. The van der Waals surface area contributed by atoms with Crippen molar-refractivity contribution < 1.29 is 22.4 Å². The highest BCUT2D eigenvalue weighted by atomic mass is 32.2. The van der Waals surface area contributed by atoms with Gasteiger partial charge < -0.3 is 14.5 Å².